The molecule has 1 saturated heterocycles. The third-order valence-corrected chi connectivity index (χ3v) is 5.05. The number of ether oxygens (including phenoxy) is 1. The number of benzene rings is 1. The molecule has 0 radical (unpaired) electrons. The van der Waals surface area contributed by atoms with Crippen molar-refractivity contribution in [1.82, 2.24) is 0 Å². The first-order chi connectivity index (χ1) is 8.00. The van der Waals surface area contributed by atoms with E-state index >= 15 is 0 Å². The summed E-state index contributed by atoms with van der Waals surface area (Å²) in [6, 6.07) is 7.36. The number of sulfone groups is 1. The molecule has 2 atom stereocenters. The molecule has 1 heterocycles. The molecule has 2 unspecified atom stereocenters. The number of aliphatic hydroxyl groups excluding tert-OH is 1. The van der Waals surface area contributed by atoms with Gasteiger partial charge in [-0.1, -0.05) is 0 Å². The number of rotatable bonds is 3. The van der Waals surface area contributed by atoms with Gasteiger partial charge < -0.3 is 9.84 Å². The van der Waals surface area contributed by atoms with Crippen molar-refractivity contribution in [2.75, 3.05) is 17.8 Å². The molecule has 2 rings (SSSR count). The quantitative estimate of drug-likeness (QED) is 0.831. The molecule has 94 valence electrons. The molecule has 0 saturated carbocycles. The van der Waals surface area contributed by atoms with Gasteiger partial charge in [0.15, 0.2) is 9.84 Å². The second-order valence-corrected chi connectivity index (χ2v) is 7.01. The van der Waals surface area contributed by atoms with E-state index in [9.17, 15) is 13.5 Å². The van der Waals surface area contributed by atoms with Crippen LogP contribution >= 0.6 is 11.8 Å². The highest BCUT2D eigenvalue weighted by atomic mass is 32.2. The molecule has 0 bridgehead atoms. The van der Waals surface area contributed by atoms with Crippen LogP contribution in [0.5, 0.6) is 5.75 Å². The van der Waals surface area contributed by atoms with E-state index in [2.05, 4.69) is 0 Å². The summed E-state index contributed by atoms with van der Waals surface area (Å²) in [5.74, 6) is 0.267. The minimum atomic E-state index is -3.16. The van der Waals surface area contributed by atoms with Gasteiger partial charge >= 0.3 is 0 Å². The summed E-state index contributed by atoms with van der Waals surface area (Å²) < 4.78 is 28.1. The lowest BCUT2D eigenvalue weighted by atomic mass is 10.2. The molecule has 1 aromatic carbocycles. The van der Waals surface area contributed by atoms with Crippen molar-refractivity contribution in [2.45, 2.75) is 17.1 Å². The van der Waals surface area contributed by atoms with Crippen LogP contribution in [0.2, 0.25) is 0 Å². The monoisotopic (exact) mass is 274 g/mol. The molecule has 0 amide bonds. The van der Waals surface area contributed by atoms with Crippen LogP contribution in [0.15, 0.2) is 29.2 Å². The maximum Gasteiger partial charge on any atom is 0.156 e. The standard InChI is InChI=1S/C11H14O4S2/c1-16-9-4-2-8(3-5-9)15-11-7-17(13,14)6-10(11)12/h2-5,10-12H,6-7H2,1H3. The Balaban J connectivity index is 2.06. The third-order valence-electron chi connectivity index (χ3n) is 2.62. The Morgan fingerprint density at radius 2 is 1.94 bits per heavy atom. The van der Waals surface area contributed by atoms with Crippen molar-refractivity contribution in [3.63, 3.8) is 0 Å². The van der Waals surface area contributed by atoms with Gasteiger partial charge in [-0.05, 0) is 30.5 Å². The fourth-order valence-corrected chi connectivity index (χ4v) is 3.81. The van der Waals surface area contributed by atoms with E-state index in [1.807, 2.05) is 18.4 Å². The maximum atomic E-state index is 11.3. The second kappa shape index (κ2) is 4.88. The summed E-state index contributed by atoms with van der Waals surface area (Å²) in [5.41, 5.74) is 0. The zero-order chi connectivity index (χ0) is 12.5. The van der Waals surface area contributed by atoms with Gasteiger partial charge in [0.2, 0.25) is 0 Å². The van der Waals surface area contributed by atoms with Crippen LogP contribution in [0.25, 0.3) is 0 Å². The Labute approximate surface area is 105 Å². The molecule has 1 aromatic rings. The summed E-state index contributed by atoms with van der Waals surface area (Å²) >= 11 is 1.62. The number of aliphatic hydroxyl groups is 1. The average Bonchev–Trinajstić information content (AvgIpc) is 2.53. The first-order valence-corrected chi connectivity index (χ1v) is 8.24. The molecule has 17 heavy (non-hydrogen) atoms. The molecule has 1 fully saturated rings. The molecule has 0 aliphatic carbocycles. The van der Waals surface area contributed by atoms with Crippen LogP contribution in [0, 0.1) is 0 Å². The van der Waals surface area contributed by atoms with Gasteiger partial charge in [0.1, 0.15) is 18.0 Å². The minimum Gasteiger partial charge on any atom is -0.487 e. The van der Waals surface area contributed by atoms with Gasteiger partial charge in [-0.15, -0.1) is 11.8 Å². The first-order valence-electron chi connectivity index (χ1n) is 5.19. The molecule has 6 heteroatoms. The summed E-state index contributed by atoms with van der Waals surface area (Å²) in [6.07, 6.45) is 0.392. The Morgan fingerprint density at radius 1 is 1.29 bits per heavy atom. The topological polar surface area (TPSA) is 63.6 Å². The van der Waals surface area contributed by atoms with Crippen molar-refractivity contribution in [1.29, 1.82) is 0 Å². The lowest BCUT2D eigenvalue weighted by Crippen LogP contribution is -2.29. The Morgan fingerprint density at radius 3 is 2.41 bits per heavy atom. The lowest BCUT2D eigenvalue weighted by molar-refractivity contribution is 0.0738. The first kappa shape index (κ1) is 12.7. The molecular weight excluding hydrogens is 260 g/mol. The van der Waals surface area contributed by atoms with Crippen molar-refractivity contribution >= 4 is 21.6 Å². The van der Waals surface area contributed by atoms with Crippen LogP contribution in [-0.4, -0.2) is 43.5 Å². The van der Waals surface area contributed by atoms with Gasteiger partial charge in [0, 0.05) is 4.90 Å². The normalized spacial score (nSPS) is 26.9. The van der Waals surface area contributed by atoms with Crippen molar-refractivity contribution in [3.05, 3.63) is 24.3 Å². The van der Waals surface area contributed by atoms with E-state index in [0.29, 0.717) is 5.75 Å². The van der Waals surface area contributed by atoms with E-state index in [1.165, 1.54) is 0 Å². The van der Waals surface area contributed by atoms with E-state index in [0.717, 1.165) is 4.90 Å². The predicted octanol–water partition coefficient (Wildman–Crippen LogP) is 0.945. The van der Waals surface area contributed by atoms with Gasteiger partial charge in [-0.25, -0.2) is 8.42 Å². The molecule has 0 spiro atoms. The van der Waals surface area contributed by atoms with Crippen molar-refractivity contribution in [3.8, 4) is 5.75 Å². The zero-order valence-corrected chi connectivity index (χ0v) is 11.0. The van der Waals surface area contributed by atoms with Gasteiger partial charge in [0.25, 0.3) is 0 Å². The largest absolute Gasteiger partial charge is 0.487 e. The van der Waals surface area contributed by atoms with E-state index in [-0.39, 0.29) is 11.5 Å². The number of hydrogen-bond acceptors (Lipinski definition) is 5. The Bertz CT molecular complexity index is 481. The van der Waals surface area contributed by atoms with Crippen molar-refractivity contribution in [2.24, 2.45) is 0 Å². The molecule has 1 aliphatic heterocycles. The van der Waals surface area contributed by atoms with Gasteiger partial charge in [0.05, 0.1) is 11.5 Å². The zero-order valence-electron chi connectivity index (χ0n) is 9.37. The van der Waals surface area contributed by atoms with Crippen molar-refractivity contribution < 1.29 is 18.3 Å². The Hall–Kier alpha value is -0.720. The summed E-state index contributed by atoms with van der Waals surface area (Å²) in [4.78, 5) is 1.11. The Kier molecular flexibility index (Phi) is 3.65. The van der Waals surface area contributed by atoms with E-state index in [1.54, 1.807) is 23.9 Å². The molecule has 1 N–H and O–H groups in total. The van der Waals surface area contributed by atoms with E-state index in [4.69, 9.17) is 4.74 Å². The smallest absolute Gasteiger partial charge is 0.156 e. The number of hydrogen-bond donors (Lipinski definition) is 1. The highest BCUT2D eigenvalue weighted by Crippen LogP contribution is 2.23. The maximum absolute atomic E-state index is 11.3. The summed E-state index contributed by atoms with van der Waals surface area (Å²) in [5, 5.41) is 9.58. The highest BCUT2D eigenvalue weighted by Gasteiger charge is 2.38. The molecule has 4 nitrogen and oxygen atoms in total. The van der Waals surface area contributed by atoms with Crippen LogP contribution < -0.4 is 4.74 Å². The van der Waals surface area contributed by atoms with Gasteiger partial charge in [-0.2, -0.15) is 0 Å². The van der Waals surface area contributed by atoms with Crippen LogP contribution in [0.1, 0.15) is 0 Å². The molecule has 1 aliphatic rings. The van der Waals surface area contributed by atoms with Crippen LogP contribution in [0.3, 0.4) is 0 Å². The SMILES string of the molecule is CSc1ccc(OC2CS(=O)(=O)CC2O)cc1. The fourth-order valence-electron chi connectivity index (χ4n) is 1.74. The fraction of sp³-hybridized carbons (Fsp3) is 0.455. The molecular formula is C11H14O4S2. The highest BCUT2D eigenvalue weighted by molar-refractivity contribution is 7.98. The third kappa shape index (κ3) is 3.14. The minimum absolute atomic E-state index is 0.113. The average molecular weight is 274 g/mol. The molecule has 0 aromatic heterocycles. The summed E-state index contributed by atoms with van der Waals surface area (Å²) in [7, 11) is -3.16. The summed E-state index contributed by atoms with van der Waals surface area (Å²) in [6.45, 7) is 0. The van der Waals surface area contributed by atoms with Crippen LogP contribution in [0.4, 0.5) is 0 Å². The van der Waals surface area contributed by atoms with E-state index < -0.39 is 22.0 Å². The number of thioether (sulfide) groups is 1. The van der Waals surface area contributed by atoms with Gasteiger partial charge in [-0.3, -0.25) is 0 Å². The predicted molar refractivity (Wildman–Crippen MR) is 67.3 cm³/mol. The lowest BCUT2D eigenvalue weighted by Gasteiger charge is -2.15. The second-order valence-electron chi connectivity index (χ2n) is 3.98. The van der Waals surface area contributed by atoms with Crippen LogP contribution in [-0.2, 0) is 9.84 Å².